The average molecular weight is 512 g/mol. The molecule has 2 amide bonds. The van der Waals surface area contributed by atoms with Gasteiger partial charge in [-0.3, -0.25) is 4.79 Å². The van der Waals surface area contributed by atoms with Crippen molar-refractivity contribution in [2.45, 2.75) is 85.1 Å². The number of methoxy groups -OCH3 is 1. The summed E-state index contributed by atoms with van der Waals surface area (Å²) >= 11 is 0. The minimum Gasteiger partial charge on any atom is -0.453 e. The van der Waals surface area contributed by atoms with Crippen molar-refractivity contribution in [2.24, 2.45) is 5.92 Å². The molecule has 1 aliphatic rings. The molecule has 1 aromatic heterocycles. The van der Waals surface area contributed by atoms with Crippen molar-refractivity contribution in [2.75, 3.05) is 13.7 Å². The van der Waals surface area contributed by atoms with Crippen LogP contribution in [0.15, 0.2) is 30.5 Å². The minimum atomic E-state index is -0.696. The van der Waals surface area contributed by atoms with E-state index in [1.54, 1.807) is 11.1 Å². The molecule has 0 saturated carbocycles. The number of hydrogen-bond donors (Lipinski definition) is 2. The molecule has 3 rings (SSSR count). The predicted octanol–water partition coefficient (Wildman–Crippen LogP) is 4.06. The molecule has 37 heavy (non-hydrogen) atoms. The van der Waals surface area contributed by atoms with Crippen molar-refractivity contribution in [1.82, 2.24) is 20.2 Å². The van der Waals surface area contributed by atoms with E-state index in [1.807, 2.05) is 79.7 Å². The Bertz CT molecular complexity index is 1070. The summed E-state index contributed by atoms with van der Waals surface area (Å²) in [6.07, 6.45) is 1.82. The molecule has 202 valence electrons. The molecule has 0 spiro atoms. The number of hydrogen-bond acceptors (Lipinski definition) is 6. The van der Waals surface area contributed by atoms with Crippen LogP contribution in [0.25, 0.3) is 11.3 Å². The third-order valence-corrected chi connectivity index (χ3v) is 7.44. The van der Waals surface area contributed by atoms with Gasteiger partial charge in [0.05, 0.1) is 36.2 Å². The third-order valence-electron chi connectivity index (χ3n) is 7.44. The number of H-pyrrole nitrogens is 1. The smallest absolute Gasteiger partial charge is 0.453 e. The van der Waals surface area contributed by atoms with E-state index in [0.29, 0.717) is 18.8 Å². The Balaban J connectivity index is 1.79. The second kappa shape index (κ2) is 11.3. The van der Waals surface area contributed by atoms with Crippen LogP contribution in [0.4, 0.5) is 4.79 Å². The number of carbonyl (C=O) groups excluding carboxylic acids is 2. The molecule has 2 unspecified atom stereocenters. The molecular formula is C27H41BN4O5. The first-order valence-electron chi connectivity index (χ1n) is 13.0. The Hall–Kier alpha value is -2.85. The van der Waals surface area contributed by atoms with E-state index in [-0.39, 0.29) is 17.9 Å². The van der Waals surface area contributed by atoms with Gasteiger partial charge in [0.1, 0.15) is 11.9 Å². The zero-order valence-electron chi connectivity index (χ0n) is 23.5. The molecule has 9 nitrogen and oxygen atoms in total. The highest BCUT2D eigenvalue weighted by atomic mass is 16.7. The Morgan fingerprint density at radius 3 is 2.19 bits per heavy atom. The van der Waals surface area contributed by atoms with Crippen LogP contribution in [0.2, 0.25) is 0 Å². The van der Waals surface area contributed by atoms with Gasteiger partial charge in [0.25, 0.3) is 0 Å². The zero-order chi connectivity index (χ0) is 27.5. The molecule has 2 heterocycles. The number of benzene rings is 1. The Morgan fingerprint density at radius 2 is 1.70 bits per heavy atom. The van der Waals surface area contributed by atoms with Crippen LogP contribution in [-0.4, -0.2) is 64.9 Å². The van der Waals surface area contributed by atoms with Gasteiger partial charge >= 0.3 is 13.2 Å². The SMILES string of the molecule is CCC(c1ncc(-c2ccc(B3OC(C)(C)C(C)(C)O3)cc2)[nH]1)N(CC)C(=O)C(NC(=O)OC)C(C)C. The normalized spacial score (nSPS) is 17.9. The second-order valence-electron chi connectivity index (χ2n) is 10.8. The number of amides is 2. The quantitative estimate of drug-likeness (QED) is 0.491. The number of aromatic nitrogens is 2. The molecule has 2 N–H and O–H groups in total. The summed E-state index contributed by atoms with van der Waals surface area (Å²) in [4.78, 5) is 35.1. The van der Waals surface area contributed by atoms with Gasteiger partial charge in [0, 0.05) is 6.54 Å². The molecule has 1 aliphatic heterocycles. The number of alkyl carbamates (subject to hydrolysis) is 1. The first-order chi connectivity index (χ1) is 17.3. The summed E-state index contributed by atoms with van der Waals surface area (Å²) in [5.74, 6) is 0.426. The maximum Gasteiger partial charge on any atom is 0.494 e. The lowest BCUT2D eigenvalue weighted by molar-refractivity contribution is -0.137. The lowest BCUT2D eigenvalue weighted by Gasteiger charge is -2.33. The lowest BCUT2D eigenvalue weighted by Crippen LogP contribution is -2.52. The summed E-state index contributed by atoms with van der Waals surface area (Å²) in [5, 5.41) is 2.68. The number of rotatable bonds is 9. The van der Waals surface area contributed by atoms with Crippen LogP contribution in [0, 0.1) is 5.92 Å². The van der Waals surface area contributed by atoms with Crippen LogP contribution in [0.1, 0.15) is 73.7 Å². The van der Waals surface area contributed by atoms with Crippen molar-refractivity contribution in [1.29, 1.82) is 0 Å². The van der Waals surface area contributed by atoms with Gasteiger partial charge in [-0.1, -0.05) is 45.0 Å². The summed E-state index contributed by atoms with van der Waals surface area (Å²) in [6.45, 7) is 16.4. The Kier molecular flexibility index (Phi) is 8.75. The van der Waals surface area contributed by atoms with E-state index < -0.39 is 30.5 Å². The van der Waals surface area contributed by atoms with Gasteiger partial charge in [-0.05, 0) is 58.0 Å². The third kappa shape index (κ3) is 6.01. The molecule has 2 aromatic rings. The van der Waals surface area contributed by atoms with Crippen molar-refractivity contribution >= 4 is 24.6 Å². The molecule has 1 fully saturated rings. The van der Waals surface area contributed by atoms with Gasteiger partial charge in [0.2, 0.25) is 5.91 Å². The molecule has 1 aromatic carbocycles. The van der Waals surface area contributed by atoms with E-state index in [2.05, 4.69) is 15.3 Å². The van der Waals surface area contributed by atoms with Crippen LogP contribution in [0.5, 0.6) is 0 Å². The summed E-state index contributed by atoms with van der Waals surface area (Å²) in [7, 11) is 0.869. The largest absolute Gasteiger partial charge is 0.494 e. The minimum absolute atomic E-state index is 0.104. The maximum atomic E-state index is 13.5. The Morgan fingerprint density at radius 1 is 1.11 bits per heavy atom. The van der Waals surface area contributed by atoms with Gasteiger partial charge < -0.3 is 29.2 Å². The zero-order valence-corrected chi connectivity index (χ0v) is 23.5. The van der Waals surface area contributed by atoms with Crippen LogP contribution < -0.4 is 10.8 Å². The fourth-order valence-corrected chi connectivity index (χ4v) is 4.42. The average Bonchev–Trinajstić information content (AvgIpc) is 3.41. The number of ether oxygens (including phenoxy) is 1. The first-order valence-corrected chi connectivity index (χ1v) is 13.0. The second-order valence-corrected chi connectivity index (χ2v) is 10.8. The van der Waals surface area contributed by atoms with Crippen molar-refractivity contribution in [3.05, 3.63) is 36.3 Å². The highest BCUT2D eigenvalue weighted by Crippen LogP contribution is 2.36. The number of imidazole rings is 1. The van der Waals surface area contributed by atoms with Crippen LogP contribution in [0.3, 0.4) is 0 Å². The number of likely N-dealkylation sites (N-methyl/N-ethyl adjacent to an activating group) is 1. The first kappa shape index (κ1) is 28.7. The molecule has 0 aliphatic carbocycles. The van der Waals surface area contributed by atoms with Crippen LogP contribution >= 0.6 is 0 Å². The molecule has 0 radical (unpaired) electrons. The van der Waals surface area contributed by atoms with Gasteiger partial charge in [0.15, 0.2) is 0 Å². The summed E-state index contributed by atoms with van der Waals surface area (Å²) in [5.41, 5.74) is 1.98. The monoisotopic (exact) mass is 512 g/mol. The summed E-state index contributed by atoms with van der Waals surface area (Å²) < 4.78 is 17.0. The number of nitrogens with zero attached hydrogens (tertiary/aromatic N) is 2. The van der Waals surface area contributed by atoms with E-state index in [0.717, 1.165) is 16.7 Å². The van der Waals surface area contributed by atoms with Crippen molar-refractivity contribution in [3.63, 3.8) is 0 Å². The maximum absolute atomic E-state index is 13.5. The molecule has 0 bridgehead atoms. The number of carbonyl (C=O) groups is 2. The van der Waals surface area contributed by atoms with E-state index in [4.69, 9.17) is 14.0 Å². The molecule has 10 heteroatoms. The van der Waals surface area contributed by atoms with Gasteiger partial charge in [-0.2, -0.15) is 0 Å². The highest BCUT2D eigenvalue weighted by Gasteiger charge is 2.51. The topological polar surface area (TPSA) is 106 Å². The molecular weight excluding hydrogens is 471 g/mol. The van der Waals surface area contributed by atoms with Gasteiger partial charge in [-0.25, -0.2) is 9.78 Å². The highest BCUT2D eigenvalue weighted by molar-refractivity contribution is 6.62. The van der Waals surface area contributed by atoms with E-state index in [9.17, 15) is 9.59 Å². The van der Waals surface area contributed by atoms with Gasteiger partial charge in [-0.15, -0.1) is 0 Å². The predicted molar refractivity (Wildman–Crippen MR) is 144 cm³/mol. The molecule has 1 saturated heterocycles. The molecule has 2 atom stereocenters. The summed E-state index contributed by atoms with van der Waals surface area (Å²) in [6, 6.07) is 7.06. The Labute approximate surface area is 220 Å². The van der Waals surface area contributed by atoms with E-state index >= 15 is 0 Å². The number of aromatic amines is 1. The number of nitrogens with one attached hydrogen (secondary N) is 2. The lowest BCUT2D eigenvalue weighted by atomic mass is 9.79. The standard InChI is InChI=1S/C27H41BN4O5/c1-10-21(32(11-2)24(33)22(17(3)4)31-25(34)35-9)23-29-16-20(30-23)18-12-14-19(15-13-18)28-36-26(5,6)27(7,8)37-28/h12-17,21-22H,10-11H2,1-9H3,(H,29,30)(H,31,34). The fourth-order valence-electron chi connectivity index (χ4n) is 4.42. The fraction of sp³-hybridized carbons (Fsp3) is 0.593. The van der Waals surface area contributed by atoms with E-state index in [1.165, 1.54) is 7.11 Å². The van der Waals surface area contributed by atoms with Crippen molar-refractivity contribution in [3.8, 4) is 11.3 Å². The van der Waals surface area contributed by atoms with Crippen molar-refractivity contribution < 1.29 is 23.6 Å². The van der Waals surface area contributed by atoms with Crippen LogP contribution in [-0.2, 0) is 18.8 Å².